The largest absolute Gasteiger partial charge is 0.357 e. The van der Waals surface area contributed by atoms with Crippen LogP contribution in [0, 0.1) is 0 Å². The fourth-order valence-corrected chi connectivity index (χ4v) is 3.43. The normalized spacial score (nSPS) is 15.6. The fourth-order valence-electron chi connectivity index (χ4n) is 2.62. The molecule has 26 heavy (non-hydrogen) atoms. The number of nitrogens with zero attached hydrogens (tertiary/aromatic N) is 6. The molecule has 1 aromatic heterocycles. The van der Waals surface area contributed by atoms with Gasteiger partial charge in [-0.3, -0.25) is 4.99 Å². The highest BCUT2D eigenvalue weighted by molar-refractivity contribution is 14.0. The van der Waals surface area contributed by atoms with Crippen LogP contribution in [-0.2, 0) is 6.42 Å². The lowest BCUT2D eigenvalue weighted by atomic mass is 10.3. The summed E-state index contributed by atoms with van der Waals surface area (Å²) in [6, 6.07) is 0.557. The number of nitrogens with one attached hydrogen (secondary N) is 1. The first-order valence-corrected chi connectivity index (χ1v) is 10.1. The average Bonchev–Trinajstić information content (AvgIpc) is 3.10. The highest BCUT2D eigenvalue weighted by atomic mass is 127. The van der Waals surface area contributed by atoms with E-state index in [4.69, 9.17) is 4.99 Å². The van der Waals surface area contributed by atoms with Gasteiger partial charge in [0.15, 0.2) is 5.96 Å². The van der Waals surface area contributed by atoms with E-state index >= 15 is 0 Å². The molecule has 0 unspecified atom stereocenters. The molecule has 1 fully saturated rings. The molecule has 0 amide bonds. The molecule has 7 nitrogen and oxygen atoms in total. The van der Waals surface area contributed by atoms with E-state index in [1.807, 2.05) is 0 Å². The molecule has 0 saturated carbocycles. The van der Waals surface area contributed by atoms with Crippen LogP contribution < -0.4 is 10.2 Å². The number of hydrogen-bond acceptors (Lipinski definition) is 6. The number of hydrogen-bond donors (Lipinski definition) is 1. The van der Waals surface area contributed by atoms with Gasteiger partial charge in [-0.05, 0) is 27.8 Å². The average molecular weight is 495 g/mol. The van der Waals surface area contributed by atoms with E-state index < -0.39 is 0 Å². The topological polar surface area (TPSA) is 59.9 Å². The van der Waals surface area contributed by atoms with Crippen molar-refractivity contribution in [2.75, 3.05) is 57.8 Å². The van der Waals surface area contributed by atoms with E-state index in [1.54, 1.807) is 0 Å². The van der Waals surface area contributed by atoms with Crippen molar-refractivity contribution in [3.63, 3.8) is 0 Å². The minimum absolute atomic E-state index is 0. The van der Waals surface area contributed by atoms with Gasteiger partial charge in [0.1, 0.15) is 5.82 Å². The number of anilines is 1. The molecule has 0 radical (unpaired) electrons. The van der Waals surface area contributed by atoms with Crippen molar-refractivity contribution < 1.29 is 0 Å². The number of aromatic nitrogens is 2. The van der Waals surface area contributed by atoms with Crippen LogP contribution in [0.1, 0.15) is 33.5 Å². The minimum Gasteiger partial charge on any atom is -0.357 e. The van der Waals surface area contributed by atoms with Crippen LogP contribution in [0.2, 0.25) is 0 Å². The van der Waals surface area contributed by atoms with Crippen molar-refractivity contribution in [1.82, 2.24) is 24.5 Å². The zero-order valence-corrected chi connectivity index (χ0v) is 19.9. The summed E-state index contributed by atoms with van der Waals surface area (Å²) < 4.78 is 4.40. The summed E-state index contributed by atoms with van der Waals surface area (Å²) in [6.45, 7) is 15.2. The molecule has 0 bridgehead atoms. The van der Waals surface area contributed by atoms with Gasteiger partial charge in [-0.15, -0.1) is 24.0 Å². The maximum atomic E-state index is 4.82. The van der Waals surface area contributed by atoms with Gasteiger partial charge >= 0.3 is 0 Å². The maximum Gasteiger partial charge on any atom is 0.205 e. The smallest absolute Gasteiger partial charge is 0.205 e. The van der Waals surface area contributed by atoms with Crippen LogP contribution in [0.4, 0.5) is 5.13 Å². The van der Waals surface area contributed by atoms with Crippen LogP contribution in [-0.4, -0.2) is 84.0 Å². The molecule has 1 aromatic rings. The summed E-state index contributed by atoms with van der Waals surface area (Å²) in [5, 5.41) is 4.49. The van der Waals surface area contributed by atoms with Crippen LogP contribution in [0.25, 0.3) is 0 Å². The standard InChI is InChI=1S/C17H33N7S.HI/c1-6-15-20-17(25-21-15)24-12-10-23(11-13-24)16(18-7-2)19-8-9-22(5)14(3)4;/h14H,6-13H2,1-5H3,(H,18,19);1H. The van der Waals surface area contributed by atoms with Crippen molar-refractivity contribution in [1.29, 1.82) is 0 Å². The Bertz CT molecular complexity index is 541. The summed E-state index contributed by atoms with van der Waals surface area (Å²) in [5.74, 6) is 1.98. The molecule has 1 aliphatic heterocycles. The number of guanidine groups is 1. The molecule has 0 aliphatic carbocycles. The molecule has 150 valence electrons. The van der Waals surface area contributed by atoms with Gasteiger partial charge in [-0.25, -0.2) is 4.98 Å². The molecule has 0 spiro atoms. The molecule has 9 heteroatoms. The van der Waals surface area contributed by atoms with Crippen molar-refractivity contribution in [3.05, 3.63) is 5.82 Å². The summed E-state index contributed by atoms with van der Waals surface area (Å²) in [4.78, 5) is 16.4. The zero-order chi connectivity index (χ0) is 18.2. The Morgan fingerprint density at radius 3 is 2.50 bits per heavy atom. The predicted molar refractivity (Wildman–Crippen MR) is 122 cm³/mol. The van der Waals surface area contributed by atoms with Crippen LogP contribution >= 0.6 is 35.5 Å². The molecular weight excluding hydrogens is 461 g/mol. The molecule has 2 heterocycles. The Hall–Kier alpha value is -0.680. The van der Waals surface area contributed by atoms with Crippen molar-refractivity contribution in [3.8, 4) is 0 Å². The van der Waals surface area contributed by atoms with Crippen molar-refractivity contribution in [2.45, 2.75) is 40.2 Å². The van der Waals surface area contributed by atoms with E-state index in [0.717, 1.165) is 69.1 Å². The van der Waals surface area contributed by atoms with E-state index in [9.17, 15) is 0 Å². The molecule has 1 saturated heterocycles. The fraction of sp³-hybridized carbons (Fsp3) is 0.824. The van der Waals surface area contributed by atoms with Gasteiger partial charge in [0, 0.05) is 63.3 Å². The Kier molecular flexibility index (Phi) is 10.7. The molecule has 0 atom stereocenters. The lowest BCUT2D eigenvalue weighted by Crippen LogP contribution is -2.52. The first-order valence-electron chi connectivity index (χ1n) is 9.36. The minimum atomic E-state index is 0. The lowest BCUT2D eigenvalue weighted by molar-refractivity contribution is 0.281. The summed E-state index contributed by atoms with van der Waals surface area (Å²) in [6.07, 6.45) is 0.901. The first kappa shape index (κ1) is 23.4. The second-order valence-corrected chi connectivity index (χ2v) is 7.36. The van der Waals surface area contributed by atoms with Crippen molar-refractivity contribution >= 4 is 46.6 Å². The zero-order valence-electron chi connectivity index (χ0n) is 16.7. The third-order valence-electron chi connectivity index (χ3n) is 4.55. The summed E-state index contributed by atoms with van der Waals surface area (Å²) in [5.41, 5.74) is 0. The molecule has 0 aromatic carbocycles. The van der Waals surface area contributed by atoms with Gasteiger partial charge < -0.3 is 20.0 Å². The monoisotopic (exact) mass is 495 g/mol. The van der Waals surface area contributed by atoms with Gasteiger partial charge in [0.25, 0.3) is 0 Å². The van der Waals surface area contributed by atoms with Crippen LogP contribution in [0.5, 0.6) is 0 Å². The number of aryl methyl sites for hydroxylation is 1. The second-order valence-electron chi connectivity index (χ2n) is 6.63. The summed E-state index contributed by atoms with van der Waals surface area (Å²) >= 11 is 1.52. The van der Waals surface area contributed by atoms with E-state index in [-0.39, 0.29) is 24.0 Å². The van der Waals surface area contributed by atoms with Crippen molar-refractivity contribution in [2.24, 2.45) is 4.99 Å². The maximum absolute atomic E-state index is 4.82. The highest BCUT2D eigenvalue weighted by Crippen LogP contribution is 2.19. The van der Waals surface area contributed by atoms with E-state index in [0.29, 0.717) is 6.04 Å². The number of aliphatic imine (C=N–C) groups is 1. The Morgan fingerprint density at radius 2 is 1.96 bits per heavy atom. The third-order valence-corrected chi connectivity index (χ3v) is 5.37. The Labute approximate surface area is 179 Å². The van der Waals surface area contributed by atoms with Gasteiger partial charge in [0.05, 0.1) is 6.54 Å². The lowest BCUT2D eigenvalue weighted by Gasteiger charge is -2.36. The molecule has 2 rings (SSSR count). The summed E-state index contributed by atoms with van der Waals surface area (Å²) in [7, 11) is 2.15. The third kappa shape index (κ3) is 6.80. The molecule has 1 aliphatic rings. The van der Waals surface area contributed by atoms with Gasteiger partial charge in [0.2, 0.25) is 5.13 Å². The number of rotatable bonds is 7. The number of likely N-dealkylation sites (N-methyl/N-ethyl adjacent to an activating group) is 1. The Balaban J connectivity index is 0.00000338. The highest BCUT2D eigenvalue weighted by Gasteiger charge is 2.22. The molecular formula is C17H34IN7S. The van der Waals surface area contributed by atoms with Gasteiger partial charge in [-0.1, -0.05) is 6.92 Å². The van der Waals surface area contributed by atoms with Gasteiger partial charge in [-0.2, -0.15) is 4.37 Å². The Morgan fingerprint density at radius 1 is 1.27 bits per heavy atom. The van der Waals surface area contributed by atoms with E-state index in [2.05, 4.69) is 64.1 Å². The van der Waals surface area contributed by atoms with E-state index in [1.165, 1.54) is 11.5 Å². The second kappa shape index (κ2) is 11.9. The quantitative estimate of drug-likeness (QED) is 0.356. The molecule has 1 N–H and O–H groups in total. The predicted octanol–water partition coefficient (Wildman–Crippen LogP) is 2.15. The SMILES string of the molecule is CCNC(=NCCN(C)C(C)C)N1CCN(c2nc(CC)ns2)CC1.I. The first-order chi connectivity index (χ1) is 12.0. The van der Waals surface area contributed by atoms with Crippen LogP contribution in [0.15, 0.2) is 4.99 Å². The van der Waals surface area contributed by atoms with Crippen LogP contribution in [0.3, 0.4) is 0 Å². The number of piperazine rings is 1. The number of halogens is 1.